The third-order valence-electron chi connectivity index (χ3n) is 4.87. The molecule has 0 amide bonds. The van der Waals surface area contributed by atoms with Crippen LogP contribution >= 0.6 is 0 Å². The molecule has 1 aliphatic rings. The summed E-state index contributed by atoms with van der Waals surface area (Å²) in [5, 5.41) is 3.41. The fraction of sp³-hybridized carbons (Fsp3) is 0.474. The second kappa shape index (κ2) is 6.87. The molecule has 2 heterocycles. The molecule has 0 bridgehead atoms. The zero-order chi connectivity index (χ0) is 19.1. The Morgan fingerprint density at radius 2 is 1.73 bits per heavy atom. The van der Waals surface area contributed by atoms with E-state index in [2.05, 4.69) is 48.2 Å². The minimum Gasteiger partial charge on any atom is -0.355 e. The first-order valence-electron chi connectivity index (χ1n) is 8.78. The molecule has 1 aromatic carbocycles. The summed E-state index contributed by atoms with van der Waals surface area (Å²) in [5.41, 5.74) is 4.60. The molecule has 2 aromatic rings. The minimum absolute atomic E-state index is 0.0370. The van der Waals surface area contributed by atoms with E-state index in [-0.39, 0.29) is 17.5 Å². The van der Waals surface area contributed by atoms with Crippen LogP contribution in [0.25, 0.3) is 0 Å². The van der Waals surface area contributed by atoms with E-state index >= 15 is 0 Å². The minimum atomic E-state index is -2.93. The van der Waals surface area contributed by atoms with Crippen LogP contribution in [0.1, 0.15) is 28.9 Å². The van der Waals surface area contributed by atoms with Crippen molar-refractivity contribution in [3.8, 4) is 0 Å². The van der Waals surface area contributed by atoms with Gasteiger partial charge in [-0.25, -0.2) is 18.4 Å². The predicted molar refractivity (Wildman–Crippen MR) is 106 cm³/mol. The highest BCUT2D eigenvalue weighted by Gasteiger charge is 2.31. The third kappa shape index (κ3) is 3.98. The van der Waals surface area contributed by atoms with Crippen molar-refractivity contribution < 1.29 is 8.42 Å². The first kappa shape index (κ1) is 18.6. The van der Waals surface area contributed by atoms with E-state index in [0.29, 0.717) is 12.2 Å². The van der Waals surface area contributed by atoms with Gasteiger partial charge < -0.3 is 10.2 Å². The normalized spacial score (nSPS) is 18.7. The Labute approximate surface area is 155 Å². The number of nitrogens with zero attached hydrogens (tertiary/aromatic N) is 3. The highest BCUT2D eigenvalue weighted by atomic mass is 32.2. The Morgan fingerprint density at radius 1 is 1.08 bits per heavy atom. The van der Waals surface area contributed by atoms with Gasteiger partial charge in [0.25, 0.3) is 0 Å². The van der Waals surface area contributed by atoms with Crippen LogP contribution in [0.4, 0.5) is 17.3 Å². The lowest BCUT2D eigenvalue weighted by Gasteiger charge is -2.25. The molecule has 0 saturated carbocycles. The number of hydrogen-bond acceptors (Lipinski definition) is 6. The fourth-order valence-electron chi connectivity index (χ4n) is 3.57. The first-order chi connectivity index (χ1) is 12.1. The molecule has 6 nitrogen and oxygen atoms in total. The number of aryl methyl sites for hydroxylation is 4. The summed E-state index contributed by atoms with van der Waals surface area (Å²) < 4.78 is 23.6. The largest absolute Gasteiger partial charge is 0.355 e. The van der Waals surface area contributed by atoms with Crippen LogP contribution in [-0.2, 0) is 9.84 Å². The Kier molecular flexibility index (Phi) is 4.92. The number of benzene rings is 1. The van der Waals surface area contributed by atoms with Crippen LogP contribution in [0.15, 0.2) is 18.2 Å². The third-order valence-corrected chi connectivity index (χ3v) is 6.62. The van der Waals surface area contributed by atoms with Gasteiger partial charge in [-0.05, 0) is 45.2 Å². The SMILES string of the molecule is Cc1cc(C)c(Nc2cc(N(C)C3CCS(=O)(=O)C3)nc(C)n2)c(C)c1. The monoisotopic (exact) mass is 374 g/mol. The Hall–Kier alpha value is -2.15. The van der Waals surface area contributed by atoms with Crippen molar-refractivity contribution in [1.82, 2.24) is 9.97 Å². The second-order valence-corrected chi connectivity index (χ2v) is 9.45. The van der Waals surface area contributed by atoms with Gasteiger partial charge >= 0.3 is 0 Å². The van der Waals surface area contributed by atoms with Gasteiger partial charge in [0.15, 0.2) is 9.84 Å². The Balaban J connectivity index is 1.89. The van der Waals surface area contributed by atoms with E-state index in [4.69, 9.17) is 0 Å². The topological polar surface area (TPSA) is 75.2 Å². The summed E-state index contributed by atoms with van der Waals surface area (Å²) in [4.78, 5) is 11.0. The maximum absolute atomic E-state index is 11.8. The van der Waals surface area contributed by atoms with Gasteiger partial charge in [0.2, 0.25) is 0 Å². The van der Waals surface area contributed by atoms with Crippen molar-refractivity contribution in [1.29, 1.82) is 0 Å². The molecule has 1 unspecified atom stereocenters. The highest BCUT2D eigenvalue weighted by Crippen LogP contribution is 2.28. The molecular weight excluding hydrogens is 348 g/mol. The van der Waals surface area contributed by atoms with Gasteiger partial charge in [0.1, 0.15) is 17.5 Å². The molecule has 1 fully saturated rings. The summed E-state index contributed by atoms with van der Waals surface area (Å²) in [6.45, 7) is 8.09. The number of sulfone groups is 1. The highest BCUT2D eigenvalue weighted by molar-refractivity contribution is 7.91. The van der Waals surface area contributed by atoms with Crippen LogP contribution in [0.2, 0.25) is 0 Å². The van der Waals surface area contributed by atoms with E-state index < -0.39 is 9.84 Å². The molecule has 1 atom stereocenters. The molecule has 0 radical (unpaired) electrons. The summed E-state index contributed by atoms with van der Waals surface area (Å²) in [5.74, 6) is 2.55. The van der Waals surface area contributed by atoms with Crippen molar-refractivity contribution in [2.24, 2.45) is 0 Å². The molecule has 0 spiro atoms. The fourth-order valence-corrected chi connectivity index (χ4v) is 5.34. The maximum Gasteiger partial charge on any atom is 0.152 e. The van der Waals surface area contributed by atoms with Crippen LogP contribution in [0, 0.1) is 27.7 Å². The summed E-state index contributed by atoms with van der Waals surface area (Å²) >= 11 is 0. The van der Waals surface area contributed by atoms with Gasteiger partial charge in [-0.2, -0.15) is 0 Å². The number of nitrogens with one attached hydrogen (secondary N) is 1. The average molecular weight is 375 g/mol. The van der Waals surface area contributed by atoms with E-state index in [1.807, 2.05) is 24.9 Å². The molecule has 7 heteroatoms. The molecule has 26 heavy (non-hydrogen) atoms. The number of aromatic nitrogens is 2. The van der Waals surface area contributed by atoms with Gasteiger partial charge in [-0.15, -0.1) is 0 Å². The molecule has 3 rings (SSSR count). The van der Waals surface area contributed by atoms with E-state index in [1.54, 1.807) is 0 Å². The van der Waals surface area contributed by atoms with Crippen molar-refractivity contribution in [2.75, 3.05) is 28.8 Å². The van der Waals surface area contributed by atoms with Crippen molar-refractivity contribution >= 4 is 27.2 Å². The predicted octanol–water partition coefficient (Wildman–Crippen LogP) is 3.08. The van der Waals surface area contributed by atoms with Gasteiger partial charge in [0, 0.05) is 24.8 Å². The molecule has 140 valence electrons. The standard InChI is InChI=1S/C19H26N4O2S/c1-12-8-13(2)19(14(3)9-12)22-17-10-18(21-15(4)20-17)23(5)16-6-7-26(24,25)11-16/h8-10,16H,6-7,11H2,1-5H3,(H,20,21,22). The zero-order valence-electron chi connectivity index (χ0n) is 16.0. The summed E-state index contributed by atoms with van der Waals surface area (Å²) in [7, 11) is -1.03. The quantitative estimate of drug-likeness (QED) is 0.886. The average Bonchev–Trinajstić information content (AvgIpc) is 2.89. The first-order valence-corrected chi connectivity index (χ1v) is 10.6. The van der Waals surface area contributed by atoms with Crippen molar-refractivity contribution in [2.45, 2.75) is 40.2 Å². The molecule has 0 aliphatic carbocycles. The lowest BCUT2D eigenvalue weighted by molar-refractivity contribution is 0.600. The van der Waals surface area contributed by atoms with Gasteiger partial charge in [-0.3, -0.25) is 0 Å². The lowest BCUT2D eigenvalue weighted by atomic mass is 10.1. The van der Waals surface area contributed by atoms with Crippen LogP contribution in [0.3, 0.4) is 0 Å². The Morgan fingerprint density at radius 3 is 2.31 bits per heavy atom. The van der Waals surface area contributed by atoms with E-state index in [0.717, 1.165) is 28.5 Å². The van der Waals surface area contributed by atoms with Crippen LogP contribution in [0.5, 0.6) is 0 Å². The lowest BCUT2D eigenvalue weighted by Crippen LogP contribution is -2.33. The van der Waals surface area contributed by atoms with Gasteiger partial charge in [0.05, 0.1) is 11.5 Å². The number of hydrogen-bond donors (Lipinski definition) is 1. The molecule has 1 saturated heterocycles. The smallest absolute Gasteiger partial charge is 0.152 e. The maximum atomic E-state index is 11.8. The Bertz CT molecular complexity index is 918. The van der Waals surface area contributed by atoms with Crippen LogP contribution in [-0.4, -0.2) is 43.0 Å². The van der Waals surface area contributed by atoms with Crippen LogP contribution < -0.4 is 10.2 Å². The summed E-state index contributed by atoms with van der Waals surface area (Å²) in [6, 6.07) is 6.13. The molecule has 1 aliphatic heterocycles. The number of anilines is 3. The van der Waals surface area contributed by atoms with Crippen molar-refractivity contribution in [3.63, 3.8) is 0 Å². The number of rotatable bonds is 4. The van der Waals surface area contributed by atoms with E-state index in [1.165, 1.54) is 5.56 Å². The molecule has 1 N–H and O–H groups in total. The second-order valence-electron chi connectivity index (χ2n) is 7.23. The molecular formula is C19H26N4O2S. The van der Waals surface area contributed by atoms with Crippen molar-refractivity contribution in [3.05, 3.63) is 40.7 Å². The molecule has 1 aromatic heterocycles. The summed E-state index contributed by atoms with van der Waals surface area (Å²) in [6.07, 6.45) is 0.640. The zero-order valence-corrected chi connectivity index (χ0v) is 16.8. The van der Waals surface area contributed by atoms with Gasteiger partial charge in [-0.1, -0.05) is 17.7 Å². The van der Waals surface area contributed by atoms with E-state index in [9.17, 15) is 8.42 Å².